The van der Waals surface area contributed by atoms with E-state index in [0.717, 1.165) is 24.4 Å². The molecule has 4 aliphatic rings. The van der Waals surface area contributed by atoms with Crippen molar-refractivity contribution in [1.82, 2.24) is 4.90 Å². The van der Waals surface area contributed by atoms with Crippen molar-refractivity contribution in [3.63, 3.8) is 0 Å². The first-order valence-corrected chi connectivity index (χ1v) is 12.6. The van der Waals surface area contributed by atoms with Crippen LogP contribution in [0.3, 0.4) is 0 Å². The number of hydrogen-bond donors (Lipinski definition) is 2. The van der Waals surface area contributed by atoms with Gasteiger partial charge in [0.1, 0.15) is 5.75 Å². The van der Waals surface area contributed by atoms with E-state index < -0.39 is 0 Å². The molecule has 1 heterocycles. The molecule has 0 spiro atoms. The van der Waals surface area contributed by atoms with Gasteiger partial charge in [0, 0.05) is 30.2 Å². The molecule has 2 N–H and O–H groups in total. The van der Waals surface area contributed by atoms with Crippen LogP contribution in [-0.4, -0.2) is 29.1 Å². The lowest BCUT2D eigenvalue weighted by Crippen LogP contribution is -2.61. The summed E-state index contributed by atoms with van der Waals surface area (Å²) in [4.78, 5) is 2.91. The molecular weight excluding hydrogens is 380 g/mol. The Hall–Kier alpha value is -2.00. The molecule has 3 heteroatoms. The molecule has 3 nitrogen and oxygen atoms in total. The summed E-state index contributed by atoms with van der Waals surface area (Å²) in [5.41, 5.74) is 6.17. The average Bonchev–Trinajstić information content (AvgIpc) is 2.77. The Kier molecular flexibility index (Phi) is 4.98. The second kappa shape index (κ2) is 7.85. The molecule has 0 aromatic heterocycles. The summed E-state index contributed by atoms with van der Waals surface area (Å²) in [5.74, 6) is 2.16. The Morgan fingerprint density at radius 3 is 2.65 bits per heavy atom. The van der Waals surface area contributed by atoms with Gasteiger partial charge in [-0.15, -0.1) is 0 Å². The fourth-order valence-corrected chi connectivity index (χ4v) is 7.25. The number of nitrogens with zero attached hydrogens (tertiary/aromatic N) is 1. The van der Waals surface area contributed by atoms with Gasteiger partial charge < -0.3 is 10.4 Å². The number of likely N-dealkylation sites (tertiary alicyclic amines) is 1. The number of anilines is 1. The fourth-order valence-electron chi connectivity index (χ4n) is 7.25. The van der Waals surface area contributed by atoms with Gasteiger partial charge in [-0.05, 0) is 97.9 Å². The van der Waals surface area contributed by atoms with E-state index in [-0.39, 0.29) is 0 Å². The van der Waals surface area contributed by atoms with E-state index >= 15 is 0 Å². The molecule has 0 radical (unpaired) electrons. The van der Waals surface area contributed by atoms with Crippen molar-refractivity contribution in [2.24, 2.45) is 11.8 Å². The molecule has 1 aliphatic heterocycles. The Bertz CT molecular complexity index is 935. The molecule has 2 aromatic carbocycles. The van der Waals surface area contributed by atoms with Gasteiger partial charge in [0.05, 0.1) is 0 Å². The minimum Gasteiger partial charge on any atom is -0.508 e. The lowest BCUT2D eigenvalue weighted by Gasteiger charge is -2.59. The maximum Gasteiger partial charge on any atom is 0.115 e. The summed E-state index contributed by atoms with van der Waals surface area (Å²) in [6.07, 6.45) is 12.6. The van der Waals surface area contributed by atoms with Gasteiger partial charge in [0.2, 0.25) is 0 Å². The van der Waals surface area contributed by atoms with Gasteiger partial charge in [-0.25, -0.2) is 0 Å². The summed E-state index contributed by atoms with van der Waals surface area (Å²) in [5, 5.41) is 13.2. The van der Waals surface area contributed by atoms with Crippen molar-refractivity contribution in [1.29, 1.82) is 0 Å². The van der Waals surface area contributed by atoms with Crippen molar-refractivity contribution in [2.75, 3.05) is 18.4 Å². The number of hydrogen-bond acceptors (Lipinski definition) is 3. The van der Waals surface area contributed by atoms with Crippen molar-refractivity contribution in [3.8, 4) is 5.75 Å². The number of fused-ring (bicyclic) bond motifs is 1. The molecule has 2 aromatic rings. The summed E-state index contributed by atoms with van der Waals surface area (Å²) in [7, 11) is 0. The monoisotopic (exact) mass is 416 g/mol. The third kappa shape index (κ3) is 3.46. The van der Waals surface area contributed by atoms with E-state index in [1.165, 1.54) is 82.1 Å². The molecule has 1 saturated heterocycles. The summed E-state index contributed by atoms with van der Waals surface area (Å²) in [6.45, 7) is 3.47. The summed E-state index contributed by atoms with van der Waals surface area (Å²) < 4.78 is 0. The van der Waals surface area contributed by atoms with Crippen molar-refractivity contribution < 1.29 is 5.11 Å². The number of piperidine rings is 1. The topological polar surface area (TPSA) is 35.5 Å². The number of phenols is 1. The van der Waals surface area contributed by atoms with Gasteiger partial charge in [-0.2, -0.15) is 0 Å². The Labute approximate surface area is 186 Å². The van der Waals surface area contributed by atoms with E-state index in [9.17, 15) is 5.11 Å². The van der Waals surface area contributed by atoms with E-state index in [2.05, 4.69) is 28.4 Å². The first-order valence-electron chi connectivity index (χ1n) is 12.6. The molecule has 6 rings (SSSR count). The van der Waals surface area contributed by atoms with E-state index in [1.807, 2.05) is 12.1 Å². The highest BCUT2D eigenvalue weighted by molar-refractivity contribution is 5.54. The number of nitrogens with one attached hydrogen (secondary N) is 1. The molecule has 2 saturated carbocycles. The highest BCUT2D eigenvalue weighted by Crippen LogP contribution is 2.56. The van der Waals surface area contributed by atoms with Crippen LogP contribution in [0.1, 0.15) is 68.1 Å². The van der Waals surface area contributed by atoms with Crippen LogP contribution in [0.5, 0.6) is 5.75 Å². The highest BCUT2D eigenvalue weighted by Gasteiger charge is 2.53. The second-order valence-electron chi connectivity index (χ2n) is 10.7. The molecule has 3 atom stereocenters. The van der Waals surface area contributed by atoms with Gasteiger partial charge in [0.25, 0.3) is 0 Å². The lowest BCUT2D eigenvalue weighted by atomic mass is 9.52. The van der Waals surface area contributed by atoms with E-state index in [0.29, 0.717) is 11.2 Å². The maximum absolute atomic E-state index is 9.53. The zero-order valence-electron chi connectivity index (χ0n) is 18.7. The van der Waals surface area contributed by atoms with Crippen molar-refractivity contribution >= 4 is 5.69 Å². The maximum atomic E-state index is 9.53. The van der Waals surface area contributed by atoms with Gasteiger partial charge in [-0.1, -0.05) is 37.5 Å². The van der Waals surface area contributed by atoms with Gasteiger partial charge in [-0.3, -0.25) is 4.90 Å². The normalized spacial score (nSPS) is 30.2. The molecule has 3 aliphatic carbocycles. The third-order valence-electron chi connectivity index (χ3n) is 9.10. The molecule has 31 heavy (non-hydrogen) atoms. The van der Waals surface area contributed by atoms with Gasteiger partial charge >= 0.3 is 0 Å². The van der Waals surface area contributed by atoms with Crippen molar-refractivity contribution in [2.45, 2.75) is 75.8 Å². The third-order valence-corrected chi connectivity index (χ3v) is 9.10. The van der Waals surface area contributed by atoms with Crippen LogP contribution in [0.15, 0.2) is 42.5 Å². The summed E-state index contributed by atoms with van der Waals surface area (Å²) >= 11 is 0. The smallest absolute Gasteiger partial charge is 0.115 e. The van der Waals surface area contributed by atoms with Crippen LogP contribution in [0, 0.1) is 11.8 Å². The van der Waals surface area contributed by atoms with Gasteiger partial charge in [0.15, 0.2) is 0 Å². The first-order chi connectivity index (χ1) is 15.2. The number of phenolic OH excluding ortho intramolecular Hbond substituents is 1. The van der Waals surface area contributed by atoms with E-state index in [1.54, 1.807) is 23.3 Å². The van der Waals surface area contributed by atoms with Crippen LogP contribution < -0.4 is 5.32 Å². The number of benzene rings is 2. The Morgan fingerprint density at radius 2 is 1.84 bits per heavy atom. The number of rotatable bonds is 5. The predicted octanol–water partition coefficient (Wildman–Crippen LogP) is 5.86. The van der Waals surface area contributed by atoms with Crippen LogP contribution in [-0.2, 0) is 18.4 Å². The number of aromatic hydroxyl groups is 1. The average molecular weight is 417 g/mol. The van der Waals surface area contributed by atoms with Crippen LogP contribution in [0.2, 0.25) is 0 Å². The molecule has 2 bridgehead atoms. The summed E-state index contributed by atoms with van der Waals surface area (Å²) in [6, 6.07) is 15.5. The fraction of sp³-hybridized carbons (Fsp3) is 0.571. The SMILES string of the molecule is Oc1ccc(CNc2ccc3c(c2)[C@@]24CCCC[C@H]2[C@@H](C3)N(CC2CCC2)CC4)cc1. The zero-order chi connectivity index (χ0) is 20.8. The minimum atomic E-state index is 0.332. The van der Waals surface area contributed by atoms with E-state index in [4.69, 9.17) is 0 Å². The van der Waals surface area contributed by atoms with Crippen LogP contribution in [0.4, 0.5) is 5.69 Å². The van der Waals surface area contributed by atoms with Crippen LogP contribution in [0.25, 0.3) is 0 Å². The zero-order valence-corrected chi connectivity index (χ0v) is 18.7. The quantitative estimate of drug-likeness (QED) is 0.640. The molecule has 164 valence electrons. The minimum absolute atomic E-state index is 0.332. The second-order valence-corrected chi connectivity index (χ2v) is 10.7. The standard InChI is InChI=1S/C28H36N2O/c31-24-11-7-20(8-12-24)18-29-23-10-9-22-16-27-25-6-1-2-13-28(25,26(22)17-23)14-15-30(27)19-21-4-3-5-21/h7-12,17,21,25,27,29,31H,1-6,13-16,18-19H2/t25-,27+,28+/m0/s1. The first kappa shape index (κ1) is 19.7. The van der Waals surface area contributed by atoms with Crippen LogP contribution >= 0.6 is 0 Å². The molecule has 0 amide bonds. The van der Waals surface area contributed by atoms with Crippen molar-refractivity contribution in [3.05, 3.63) is 59.2 Å². The molecule has 3 fully saturated rings. The molecular formula is C28H36N2O. The Balaban J connectivity index is 1.27. The lowest BCUT2D eigenvalue weighted by molar-refractivity contribution is -0.0239. The Morgan fingerprint density at radius 1 is 0.968 bits per heavy atom. The predicted molar refractivity (Wildman–Crippen MR) is 127 cm³/mol. The largest absolute Gasteiger partial charge is 0.508 e. The molecule has 0 unspecified atom stereocenters. The highest BCUT2D eigenvalue weighted by atomic mass is 16.3.